The first-order chi connectivity index (χ1) is 15.7. The molecule has 0 aliphatic carbocycles. The first kappa shape index (κ1) is 32.5. The Morgan fingerprint density at radius 2 is 1.26 bits per heavy atom. The van der Waals surface area contributed by atoms with Crippen molar-refractivity contribution in [3.63, 3.8) is 0 Å². The standard InChI is InChI=1S/C23H40N2O9S/c1-21(2,3)33-19(28)25(20(29)34-22(4,5)6)16(18(27)32-11)14-15(17(26)31-10)12-13-24-35(30)23(7,8)9/h13,15-16H,12,14H2,1-11H3/b24-13+/t15-,16-,35-/m0/s1. The van der Waals surface area contributed by atoms with Gasteiger partial charge in [0.05, 0.1) is 24.9 Å². The van der Waals surface area contributed by atoms with E-state index in [-0.39, 0.29) is 12.8 Å². The summed E-state index contributed by atoms with van der Waals surface area (Å²) in [6.45, 7) is 14.8. The molecule has 0 aliphatic rings. The molecular formula is C23H40N2O9S. The number of amides is 2. The molecular weight excluding hydrogens is 480 g/mol. The number of imide groups is 1. The molecule has 12 heteroatoms. The number of rotatable bonds is 8. The predicted molar refractivity (Wildman–Crippen MR) is 131 cm³/mol. The summed E-state index contributed by atoms with van der Waals surface area (Å²) >= 11 is 0. The van der Waals surface area contributed by atoms with Gasteiger partial charge < -0.3 is 18.9 Å². The lowest BCUT2D eigenvalue weighted by Gasteiger charge is -2.33. The molecule has 0 aliphatic heterocycles. The van der Waals surface area contributed by atoms with Gasteiger partial charge in [-0.1, -0.05) is 0 Å². The SMILES string of the molecule is COC(=O)[C@@H](C/C=N/[S@@](=O)C(C)(C)C)C[C@@H](C(=O)OC)N(C(=O)OC(C)(C)C)C(=O)OC(C)(C)C. The van der Waals surface area contributed by atoms with E-state index in [9.17, 15) is 23.4 Å². The van der Waals surface area contributed by atoms with Crippen LogP contribution in [0.3, 0.4) is 0 Å². The van der Waals surface area contributed by atoms with Crippen molar-refractivity contribution in [3.8, 4) is 0 Å². The van der Waals surface area contributed by atoms with Crippen LogP contribution in [-0.2, 0) is 39.5 Å². The second-order valence-corrected chi connectivity index (χ2v) is 12.6. The van der Waals surface area contributed by atoms with Gasteiger partial charge in [-0.15, -0.1) is 0 Å². The van der Waals surface area contributed by atoms with Crippen LogP contribution in [0.15, 0.2) is 4.40 Å². The lowest BCUT2D eigenvalue weighted by atomic mass is 9.96. The van der Waals surface area contributed by atoms with Crippen LogP contribution in [-0.4, -0.2) is 75.7 Å². The first-order valence-corrected chi connectivity index (χ1v) is 12.2. The van der Waals surface area contributed by atoms with Crippen LogP contribution in [0.5, 0.6) is 0 Å². The number of esters is 2. The quantitative estimate of drug-likeness (QED) is 0.266. The van der Waals surface area contributed by atoms with Crippen LogP contribution < -0.4 is 0 Å². The second kappa shape index (κ2) is 13.0. The second-order valence-electron chi connectivity index (χ2n) is 10.7. The maximum absolute atomic E-state index is 13.0. The van der Waals surface area contributed by atoms with Crippen LogP contribution in [0.4, 0.5) is 9.59 Å². The molecule has 0 aromatic heterocycles. The number of methoxy groups -OCH3 is 2. The molecule has 0 saturated carbocycles. The van der Waals surface area contributed by atoms with Gasteiger partial charge >= 0.3 is 24.1 Å². The average Bonchev–Trinajstić information content (AvgIpc) is 2.67. The minimum atomic E-state index is -1.57. The Labute approximate surface area is 210 Å². The minimum absolute atomic E-state index is 0.0710. The summed E-state index contributed by atoms with van der Waals surface area (Å²) in [5, 5.41) is 0. The molecule has 11 nitrogen and oxygen atoms in total. The molecule has 0 bridgehead atoms. The zero-order chi connectivity index (χ0) is 27.8. The first-order valence-electron chi connectivity index (χ1n) is 11.1. The van der Waals surface area contributed by atoms with Crippen LogP contribution in [0, 0.1) is 5.92 Å². The molecule has 0 aromatic carbocycles. The molecule has 0 spiro atoms. The highest BCUT2D eigenvalue weighted by Gasteiger charge is 2.43. The van der Waals surface area contributed by atoms with E-state index in [1.54, 1.807) is 62.3 Å². The van der Waals surface area contributed by atoms with E-state index in [0.717, 1.165) is 14.2 Å². The molecule has 0 unspecified atom stereocenters. The van der Waals surface area contributed by atoms with Gasteiger partial charge in [0.2, 0.25) is 0 Å². The summed E-state index contributed by atoms with van der Waals surface area (Å²) in [6.07, 6.45) is -1.44. The van der Waals surface area contributed by atoms with Crippen molar-refractivity contribution in [2.75, 3.05) is 14.2 Å². The van der Waals surface area contributed by atoms with E-state index in [1.807, 2.05) is 0 Å². The normalized spacial score (nSPS) is 15.1. The predicted octanol–water partition coefficient (Wildman–Crippen LogP) is 3.80. The molecule has 2 amide bonds. The summed E-state index contributed by atoms with van der Waals surface area (Å²) < 4.78 is 35.9. The molecule has 0 fully saturated rings. The number of hydrogen-bond donors (Lipinski definition) is 0. The Hall–Kier alpha value is -2.50. The van der Waals surface area contributed by atoms with Crippen molar-refractivity contribution in [3.05, 3.63) is 0 Å². The highest BCUT2D eigenvalue weighted by atomic mass is 32.2. The zero-order valence-electron chi connectivity index (χ0n) is 22.6. The number of carbonyl (C=O) groups is 4. The highest BCUT2D eigenvalue weighted by Crippen LogP contribution is 2.23. The topological polar surface area (TPSA) is 138 Å². The lowest BCUT2D eigenvalue weighted by molar-refractivity contribution is -0.150. The van der Waals surface area contributed by atoms with Crippen LogP contribution in [0.25, 0.3) is 0 Å². The van der Waals surface area contributed by atoms with Crippen molar-refractivity contribution in [2.45, 2.75) is 97.1 Å². The maximum Gasteiger partial charge on any atom is 0.420 e. The van der Waals surface area contributed by atoms with E-state index in [1.165, 1.54) is 6.21 Å². The Balaban J connectivity index is 6.29. The monoisotopic (exact) mass is 520 g/mol. The van der Waals surface area contributed by atoms with Crippen molar-refractivity contribution >= 4 is 41.3 Å². The average molecular weight is 521 g/mol. The van der Waals surface area contributed by atoms with Gasteiger partial charge in [-0.3, -0.25) is 4.79 Å². The summed E-state index contributed by atoms with van der Waals surface area (Å²) in [4.78, 5) is 51.7. The van der Waals surface area contributed by atoms with Gasteiger partial charge in [-0.05, 0) is 75.2 Å². The fraction of sp³-hybridized carbons (Fsp3) is 0.783. The number of hydrogen-bond acceptors (Lipinski definition) is 9. The van der Waals surface area contributed by atoms with E-state index in [2.05, 4.69) is 4.40 Å². The fourth-order valence-corrected chi connectivity index (χ4v) is 3.05. The van der Waals surface area contributed by atoms with Gasteiger partial charge in [0.25, 0.3) is 0 Å². The van der Waals surface area contributed by atoms with E-state index >= 15 is 0 Å². The largest absolute Gasteiger partial charge is 0.469 e. The molecule has 202 valence electrons. The van der Waals surface area contributed by atoms with E-state index < -0.39 is 63.0 Å². The van der Waals surface area contributed by atoms with Crippen molar-refractivity contribution < 1.29 is 42.3 Å². The Bertz CT molecular complexity index is 792. The van der Waals surface area contributed by atoms with Crippen molar-refractivity contribution in [2.24, 2.45) is 10.3 Å². The lowest BCUT2D eigenvalue weighted by Crippen LogP contribution is -2.53. The molecule has 0 heterocycles. The van der Waals surface area contributed by atoms with E-state index in [0.29, 0.717) is 4.90 Å². The summed E-state index contributed by atoms with van der Waals surface area (Å²) in [5.41, 5.74) is -1.99. The smallest absolute Gasteiger partial charge is 0.420 e. The summed E-state index contributed by atoms with van der Waals surface area (Å²) in [6, 6.07) is -1.57. The van der Waals surface area contributed by atoms with Gasteiger partial charge in [0.1, 0.15) is 28.2 Å². The molecule has 0 saturated heterocycles. The third-order valence-corrected chi connectivity index (χ3v) is 5.48. The van der Waals surface area contributed by atoms with E-state index in [4.69, 9.17) is 18.9 Å². The van der Waals surface area contributed by atoms with Crippen LogP contribution >= 0.6 is 0 Å². The minimum Gasteiger partial charge on any atom is -0.469 e. The zero-order valence-corrected chi connectivity index (χ0v) is 23.4. The third-order valence-electron chi connectivity index (χ3n) is 4.09. The maximum atomic E-state index is 13.0. The Kier molecular flexibility index (Phi) is 12.1. The molecule has 0 N–H and O–H groups in total. The Morgan fingerprint density at radius 3 is 1.60 bits per heavy atom. The molecule has 3 atom stereocenters. The van der Waals surface area contributed by atoms with Gasteiger partial charge in [-0.25, -0.2) is 18.6 Å². The number of carbonyl (C=O) groups excluding carboxylic acids is 4. The fourth-order valence-electron chi connectivity index (χ4n) is 2.52. The van der Waals surface area contributed by atoms with Crippen molar-refractivity contribution in [1.29, 1.82) is 0 Å². The number of ether oxygens (including phenoxy) is 4. The molecule has 35 heavy (non-hydrogen) atoms. The number of nitrogens with zero attached hydrogens (tertiary/aromatic N) is 2. The third kappa shape index (κ3) is 12.1. The Morgan fingerprint density at radius 1 is 0.829 bits per heavy atom. The van der Waals surface area contributed by atoms with Gasteiger partial charge in [-0.2, -0.15) is 9.30 Å². The van der Waals surface area contributed by atoms with Crippen LogP contribution in [0.2, 0.25) is 0 Å². The molecule has 0 aromatic rings. The molecule has 0 rings (SSSR count). The summed E-state index contributed by atoms with van der Waals surface area (Å²) in [5.74, 6) is -2.72. The van der Waals surface area contributed by atoms with Gasteiger partial charge in [0.15, 0.2) is 0 Å². The highest BCUT2D eigenvalue weighted by molar-refractivity contribution is 7.85. The van der Waals surface area contributed by atoms with Crippen molar-refractivity contribution in [1.82, 2.24) is 4.90 Å². The van der Waals surface area contributed by atoms with Gasteiger partial charge in [0, 0.05) is 6.21 Å². The summed E-state index contributed by atoms with van der Waals surface area (Å²) in [7, 11) is 0.670. The van der Waals surface area contributed by atoms with Crippen LogP contribution in [0.1, 0.15) is 75.2 Å². The molecule has 0 radical (unpaired) electrons.